The number of urea groups is 1. The molecule has 0 bridgehead atoms. The summed E-state index contributed by atoms with van der Waals surface area (Å²) in [5.74, 6) is -0.213. The third-order valence-electron chi connectivity index (χ3n) is 5.98. The van der Waals surface area contributed by atoms with Crippen LogP contribution in [0.5, 0.6) is 0 Å². The number of hydrogen-bond donors (Lipinski definition) is 2. The summed E-state index contributed by atoms with van der Waals surface area (Å²) in [6.07, 6.45) is 9.47. The number of carbonyl (C=O) groups excluding carboxylic acids is 2. The molecule has 0 aromatic rings. The van der Waals surface area contributed by atoms with Crippen LogP contribution in [0.4, 0.5) is 4.79 Å². The van der Waals surface area contributed by atoms with Crippen LogP contribution in [0.1, 0.15) is 57.8 Å². The molecule has 2 saturated heterocycles. The van der Waals surface area contributed by atoms with Crippen molar-refractivity contribution in [3.63, 3.8) is 0 Å². The average Bonchev–Trinajstić information content (AvgIpc) is 3.08. The van der Waals surface area contributed by atoms with Gasteiger partial charge in [-0.15, -0.1) is 0 Å². The van der Waals surface area contributed by atoms with Crippen LogP contribution in [0.3, 0.4) is 0 Å². The Morgan fingerprint density at radius 2 is 1.52 bits per heavy atom. The third-order valence-corrected chi connectivity index (χ3v) is 5.98. The summed E-state index contributed by atoms with van der Waals surface area (Å²) in [6, 6.07) is 0.376. The highest BCUT2D eigenvalue weighted by atomic mass is 16.2. The summed E-state index contributed by atoms with van der Waals surface area (Å²) in [5, 5.41) is 3.14. The first kappa shape index (κ1) is 16.6. The molecule has 0 atom stereocenters. The molecule has 1 aliphatic carbocycles. The molecule has 3 N–H and O–H groups in total. The molecule has 3 amide bonds. The van der Waals surface area contributed by atoms with Crippen LogP contribution < -0.4 is 11.1 Å². The minimum absolute atomic E-state index is 0.0358. The van der Waals surface area contributed by atoms with Crippen LogP contribution in [0.2, 0.25) is 0 Å². The maximum Gasteiger partial charge on any atom is 0.317 e. The normalized spacial score (nSPS) is 26.2. The summed E-state index contributed by atoms with van der Waals surface area (Å²) in [7, 11) is 0. The van der Waals surface area contributed by atoms with E-state index in [0.29, 0.717) is 32.0 Å². The second kappa shape index (κ2) is 7.07. The molecule has 2 aliphatic heterocycles. The first-order valence-corrected chi connectivity index (χ1v) is 9.22. The molecule has 0 spiro atoms. The first-order valence-electron chi connectivity index (χ1n) is 9.22. The molecule has 130 valence electrons. The van der Waals surface area contributed by atoms with E-state index in [2.05, 4.69) is 10.2 Å². The van der Waals surface area contributed by atoms with Gasteiger partial charge in [0.2, 0.25) is 5.91 Å². The van der Waals surface area contributed by atoms with Gasteiger partial charge in [-0.2, -0.15) is 0 Å². The van der Waals surface area contributed by atoms with Gasteiger partial charge in [-0.3, -0.25) is 9.69 Å². The predicted molar refractivity (Wildman–Crippen MR) is 88.9 cm³/mol. The van der Waals surface area contributed by atoms with Crippen molar-refractivity contribution in [2.45, 2.75) is 69.4 Å². The molecule has 3 fully saturated rings. The van der Waals surface area contributed by atoms with Gasteiger partial charge < -0.3 is 16.0 Å². The summed E-state index contributed by atoms with van der Waals surface area (Å²) in [5.41, 5.74) is 5.25. The van der Waals surface area contributed by atoms with E-state index in [4.69, 9.17) is 5.73 Å². The molecule has 0 radical (unpaired) electrons. The summed E-state index contributed by atoms with van der Waals surface area (Å²) < 4.78 is 0. The van der Waals surface area contributed by atoms with Crippen LogP contribution >= 0.6 is 0 Å². The predicted octanol–water partition coefficient (Wildman–Crippen LogP) is 1.44. The Morgan fingerprint density at radius 1 is 0.913 bits per heavy atom. The zero-order valence-electron chi connectivity index (χ0n) is 14.1. The van der Waals surface area contributed by atoms with Crippen LogP contribution in [0.25, 0.3) is 0 Å². The molecule has 1 saturated carbocycles. The summed E-state index contributed by atoms with van der Waals surface area (Å²) in [4.78, 5) is 28.7. The number of nitrogens with zero attached hydrogens (tertiary/aromatic N) is 2. The Kier molecular flexibility index (Phi) is 5.09. The molecular weight excluding hydrogens is 292 g/mol. The van der Waals surface area contributed by atoms with E-state index in [-0.39, 0.29) is 11.9 Å². The van der Waals surface area contributed by atoms with Gasteiger partial charge in [0, 0.05) is 19.1 Å². The topological polar surface area (TPSA) is 78.7 Å². The number of rotatable bonds is 3. The zero-order chi connectivity index (χ0) is 16.3. The lowest BCUT2D eigenvalue weighted by molar-refractivity contribution is -0.134. The lowest BCUT2D eigenvalue weighted by Crippen LogP contribution is -2.64. The van der Waals surface area contributed by atoms with Crippen molar-refractivity contribution in [3.05, 3.63) is 0 Å². The Morgan fingerprint density at radius 3 is 2.09 bits per heavy atom. The molecule has 2 heterocycles. The summed E-state index contributed by atoms with van der Waals surface area (Å²) >= 11 is 0. The fourth-order valence-electron chi connectivity index (χ4n) is 4.46. The van der Waals surface area contributed by atoms with Gasteiger partial charge in [0.1, 0.15) is 5.54 Å². The Labute approximate surface area is 138 Å². The second-order valence-electron chi connectivity index (χ2n) is 7.36. The molecule has 6 heteroatoms. The van der Waals surface area contributed by atoms with E-state index in [9.17, 15) is 9.59 Å². The highest BCUT2D eigenvalue weighted by Crippen LogP contribution is 2.31. The van der Waals surface area contributed by atoms with Gasteiger partial charge in [0.15, 0.2) is 0 Å². The van der Waals surface area contributed by atoms with Crippen molar-refractivity contribution in [1.82, 2.24) is 15.1 Å². The molecule has 0 unspecified atom stereocenters. The number of nitrogens with two attached hydrogens (primary N) is 1. The van der Waals surface area contributed by atoms with E-state index in [1.165, 1.54) is 19.3 Å². The standard InChI is InChI=1S/C17H30N4O2/c18-15(22)17(21-10-4-1-5-11-21)8-12-20(13-9-17)16(23)19-14-6-2-3-7-14/h14H,1-13H2,(H2,18,22)(H,19,23). The van der Waals surface area contributed by atoms with E-state index in [1.807, 2.05) is 4.90 Å². The van der Waals surface area contributed by atoms with Gasteiger partial charge in [0.05, 0.1) is 0 Å². The fourth-order valence-corrected chi connectivity index (χ4v) is 4.46. The van der Waals surface area contributed by atoms with Crippen LogP contribution in [0, 0.1) is 0 Å². The average molecular weight is 322 g/mol. The van der Waals surface area contributed by atoms with Crippen molar-refractivity contribution in [2.24, 2.45) is 5.73 Å². The largest absolute Gasteiger partial charge is 0.368 e. The Balaban J connectivity index is 1.58. The number of hydrogen-bond acceptors (Lipinski definition) is 3. The molecule has 0 aromatic carbocycles. The lowest BCUT2D eigenvalue weighted by Gasteiger charge is -2.48. The maximum absolute atomic E-state index is 12.4. The number of likely N-dealkylation sites (tertiary alicyclic amines) is 2. The minimum atomic E-state index is -0.537. The molecule has 6 nitrogen and oxygen atoms in total. The number of nitrogens with one attached hydrogen (secondary N) is 1. The highest BCUT2D eigenvalue weighted by Gasteiger charge is 2.45. The molecule has 23 heavy (non-hydrogen) atoms. The molecule has 0 aromatic heterocycles. The zero-order valence-corrected chi connectivity index (χ0v) is 14.1. The van der Waals surface area contributed by atoms with Crippen molar-refractivity contribution in [1.29, 1.82) is 0 Å². The SMILES string of the molecule is NC(=O)C1(N2CCCCC2)CCN(C(=O)NC2CCCC2)CC1. The Bertz CT molecular complexity index is 434. The van der Waals surface area contributed by atoms with Crippen molar-refractivity contribution < 1.29 is 9.59 Å². The smallest absolute Gasteiger partial charge is 0.317 e. The van der Waals surface area contributed by atoms with Gasteiger partial charge in [-0.05, 0) is 51.6 Å². The van der Waals surface area contributed by atoms with Gasteiger partial charge in [-0.25, -0.2) is 4.79 Å². The highest BCUT2D eigenvalue weighted by molar-refractivity contribution is 5.85. The molecular formula is C17H30N4O2. The Hall–Kier alpha value is -1.30. The monoisotopic (exact) mass is 322 g/mol. The first-order chi connectivity index (χ1) is 11.1. The summed E-state index contributed by atoms with van der Waals surface area (Å²) in [6.45, 7) is 3.16. The number of carbonyl (C=O) groups is 2. The van der Waals surface area contributed by atoms with Crippen molar-refractivity contribution in [3.8, 4) is 0 Å². The number of primary amides is 1. The second-order valence-corrected chi connectivity index (χ2v) is 7.36. The third kappa shape index (κ3) is 3.47. The van der Waals surface area contributed by atoms with E-state index >= 15 is 0 Å². The number of amides is 3. The van der Waals surface area contributed by atoms with Gasteiger partial charge >= 0.3 is 6.03 Å². The van der Waals surface area contributed by atoms with Crippen LogP contribution in [-0.2, 0) is 4.79 Å². The van der Waals surface area contributed by atoms with Gasteiger partial charge in [-0.1, -0.05) is 19.3 Å². The van der Waals surface area contributed by atoms with E-state index < -0.39 is 5.54 Å². The minimum Gasteiger partial charge on any atom is -0.368 e. The molecule has 3 rings (SSSR count). The lowest BCUT2D eigenvalue weighted by atomic mass is 9.83. The van der Waals surface area contributed by atoms with E-state index in [0.717, 1.165) is 38.8 Å². The van der Waals surface area contributed by atoms with E-state index in [1.54, 1.807) is 0 Å². The fraction of sp³-hybridized carbons (Fsp3) is 0.882. The molecule has 3 aliphatic rings. The maximum atomic E-state index is 12.4. The van der Waals surface area contributed by atoms with Gasteiger partial charge in [0.25, 0.3) is 0 Å². The van der Waals surface area contributed by atoms with Crippen molar-refractivity contribution in [2.75, 3.05) is 26.2 Å². The van der Waals surface area contributed by atoms with Crippen LogP contribution in [-0.4, -0.2) is 59.5 Å². The van der Waals surface area contributed by atoms with Crippen LogP contribution in [0.15, 0.2) is 0 Å². The number of piperidine rings is 2. The van der Waals surface area contributed by atoms with Crippen molar-refractivity contribution >= 4 is 11.9 Å². The quantitative estimate of drug-likeness (QED) is 0.825.